The number of allylic oxidation sites excluding steroid dienone is 2. The predicted molar refractivity (Wildman–Crippen MR) is 57.4 cm³/mol. The van der Waals surface area contributed by atoms with Gasteiger partial charge in [0.15, 0.2) is 0 Å². The van der Waals surface area contributed by atoms with E-state index in [9.17, 15) is 0 Å². The molecule has 0 aromatic rings. The monoisotopic (exact) mass is 176 g/mol. The van der Waals surface area contributed by atoms with Gasteiger partial charge in [0.2, 0.25) is 0 Å². The Hall–Kier alpha value is -0.520. The normalized spacial score (nSPS) is 48.8. The SMILES string of the molecule is C=CC1CC(C=C)C2CC(C)CC12. The van der Waals surface area contributed by atoms with E-state index < -0.39 is 0 Å². The molecule has 2 saturated carbocycles. The maximum atomic E-state index is 3.96. The molecular weight excluding hydrogens is 156 g/mol. The minimum Gasteiger partial charge on any atom is -0.103 e. The molecule has 0 heterocycles. The van der Waals surface area contributed by atoms with Crippen molar-refractivity contribution in [3.8, 4) is 0 Å². The van der Waals surface area contributed by atoms with Gasteiger partial charge in [-0.3, -0.25) is 0 Å². The summed E-state index contributed by atoms with van der Waals surface area (Å²) in [5, 5.41) is 0. The summed E-state index contributed by atoms with van der Waals surface area (Å²) >= 11 is 0. The Morgan fingerprint density at radius 2 is 1.38 bits per heavy atom. The van der Waals surface area contributed by atoms with Gasteiger partial charge in [0, 0.05) is 0 Å². The highest BCUT2D eigenvalue weighted by atomic mass is 14.5. The minimum atomic E-state index is 0.776. The summed E-state index contributed by atoms with van der Waals surface area (Å²) in [6, 6.07) is 0. The van der Waals surface area contributed by atoms with Crippen LogP contribution in [0.1, 0.15) is 26.2 Å². The van der Waals surface area contributed by atoms with E-state index in [0.717, 1.165) is 29.6 Å². The third-order valence-corrected chi connectivity index (χ3v) is 4.15. The fourth-order valence-corrected chi connectivity index (χ4v) is 3.57. The van der Waals surface area contributed by atoms with Crippen LogP contribution < -0.4 is 0 Å². The molecule has 13 heavy (non-hydrogen) atoms. The molecule has 0 aliphatic heterocycles. The summed E-state index contributed by atoms with van der Waals surface area (Å²) < 4.78 is 0. The molecule has 4 atom stereocenters. The molecule has 0 nitrogen and oxygen atoms in total. The molecule has 0 spiro atoms. The largest absolute Gasteiger partial charge is 0.103 e. The molecule has 0 saturated heterocycles. The van der Waals surface area contributed by atoms with Crippen LogP contribution in [0.15, 0.2) is 25.3 Å². The van der Waals surface area contributed by atoms with E-state index in [1.807, 2.05) is 0 Å². The van der Waals surface area contributed by atoms with Crippen molar-refractivity contribution in [1.82, 2.24) is 0 Å². The Morgan fingerprint density at radius 1 is 0.923 bits per heavy atom. The van der Waals surface area contributed by atoms with E-state index in [1.165, 1.54) is 19.3 Å². The second kappa shape index (κ2) is 3.32. The van der Waals surface area contributed by atoms with Gasteiger partial charge in [0.05, 0.1) is 0 Å². The number of rotatable bonds is 2. The third kappa shape index (κ3) is 1.37. The second-order valence-corrected chi connectivity index (χ2v) is 4.94. The van der Waals surface area contributed by atoms with Crippen LogP contribution in [0.3, 0.4) is 0 Å². The lowest BCUT2D eigenvalue weighted by Crippen LogP contribution is -2.08. The highest BCUT2D eigenvalue weighted by Crippen LogP contribution is 2.53. The lowest BCUT2D eigenvalue weighted by Gasteiger charge is -2.14. The first-order chi connectivity index (χ1) is 6.26. The van der Waals surface area contributed by atoms with Crippen LogP contribution in [0.2, 0.25) is 0 Å². The van der Waals surface area contributed by atoms with E-state index in [1.54, 1.807) is 0 Å². The standard InChI is InChI=1S/C13H20/c1-4-10-8-11(5-2)13-7-9(3)6-12(10)13/h4-5,9-13H,1-2,6-8H2,3H3. The molecule has 0 heteroatoms. The molecule has 2 fully saturated rings. The Morgan fingerprint density at radius 3 is 1.77 bits per heavy atom. The summed E-state index contributed by atoms with van der Waals surface area (Å²) in [5.41, 5.74) is 0. The summed E-state index contributed by atoms with van der Waals surface area (Å²) in [6.07, 6.45) is 8.52. The number of hydrogen-bond acceptors (Lipinski definition) is 0. The molecule has 0 aromatic heterocycles. The number of fused-ring (bicyclic) bond motifs is 1. The van der Waals surface area contributed by atoms with Gasteiger partial charge in [-0.25, -0.2) is 0 Å². The van der Waals surface area contributed by atoms with Gasteiger partial charge in [0.25, 0.3) is 0 Å². The van der Waals surface area contributed by atoms with Crippen molar-refractivity contribution in [2.24, 2.45) is 29.6 Å². The van der Waals surface area contributed by atoms with Crippen LogP contribution in [0.5, 0.6) is 0 Å². The molecule has 4 unspecified atom stereocenters. The first-order valence-electron chi connectivity index (χ1n) is 5.51. The van der Waals surface area contributed by atoms with Gasteiger partial charge < -0.3 is 0 Å². The van der Waals surface area contributed by atoms with Gasteiger partial charge in [-0.15, -0.1) is 13.2 Å². The van der Waals surface area contributed by atoms with E-state index >= 15 is 0 Å². The van der Waals surface area contributed by atoms with Crippen molar-refractivity contribution in [2.75, 3.05) is 0 Å². The molecule has 0 aromatic carbocycles. The Labute approximate surface area is 81.7 Å². The maximum absolute atomic E-state index is 3.96. The summed E-state index contributed by atoms with van der Waals surface area (Å²) in [6.45, 7) is 10.3. The molecule has 2 rings (SSSR count). The van der Waals surface area contributed by atoms with E-state index in [4.69, 9.17) is 0 Å². The fourth-order valence-electron chi connectivity index (χ4n) is 3.57. The smallest absolute Gasteiger partial charge is 0.0199 e. The van der Waals surface area contributed by atoms with E-state index in [-0.39, 0.29) is 0 Å². The van der Waals surface area contributed by atoms with E-state index in [0.29, 0.717) is 0 Å². The summed E-state index contributed by atoms with van der Waals surface area (Å²) in [7, 11) is 0. The number of hydrogen-bond donors (Lipinski definition) is 0. The van der Waals surface area contributed by atoms with E-state index in [2.05, 4.69) is 32.2 Å². The van der Waals surface area contributed by atoms with Crippen molar-refractivity contribution < 1.29 is 0 Å². The average Bonchev–Trinajstić information content (AvgIpc) is 2.61. The molecule has 0 radical (unpaired) electrons. The van der Waals surface area contributed by atoms with Gasteiger partial charge in [-0.05, 0) is 48.9 Å². The van der Waals surface area contributed by atoms with Crippen LogP contribution >= 0.6 is 0 Å². The first kappa shape index (κ1) is 9.05. The summed E-state index contributed by atoms with van der Waals surface area (Å²) in [5.74, 6) is 4.34. The lowest BCUT2D eigenvalue weighted by atomic mass is 9.90. The van der Waals surface area contributed by atoms with Gasteiger partial charge in [-0.1, -0.05) is 19.1 Å². The predicted octanol–water partition coefficient (Wildman–Crippen LogP) is 3.66. The molecular formula is C13H20. The van der Waals surface area contributed by atoms with Gasteiger partial charge >= 0.3 is 0 Å². The van der Waals surface area contributed by atoms with Crippen LogP contribution in [0, 0.1) is 29.6 Å². The minimum absolute atomic E-state index is 0.776. The molecule has 0 amide bonds. The quantitative estimate of drug-likeness (QED) is 0.563. The highest BCUT2D eigenvalue weighted by molar-refractivity contribution is 5.05. The van der Waals surface area contributed by atoms with Crippen molar-refractivity contribution in [3.63, 3.8) is 0 Å². The van der Waals surface area contributed by atoms with Crippen LogP contribution in [0.4, 0.5) is 0 Å². The molecule has 2 aliphatic carbocycles. The zero-order chi connectivity index (χ0) is 9.42. The maximum Gasteiger partial charge on any atom is -0.0199 e. The Balaban J connectivity index is 2.16. The lowest BCUT2D eigenvalue weighted by molar-refractivity contribution is 0.381. The fraction of sp³-hybridized carbons (Fsp3) is 0.692. The third-order valence-electron chi connectivity index (χ3n) is 4.15. The Bertz CT molecular complexity index is 194. The Kier molecular flexibility index (Phi) is 2.31. The molecule has 0 bridgehead atoms. The molecule has 2 aliphatic rings. The second-order valence-electron chi connectivity index (χ2n) is 4.94. The van der Waals surface area contributed by atoms with Crippen molar-refractivity contribution in [1.29, 1.82) is 0 Å². The topological polar surface area (TPSA) is 0 Å². The van der Waals surface area contributed by atoms with Crippen molar-refractivity contribution >= 4 is 0 Å². The highest BCUT2D eigenvalue weighted by Gasteiger charge is 2.45. The summed E-state index contributed by atoms with van der Waals surface area (Å²) in [4.78, 5) is 0. The molecule has 72 valence electrons. The first-order valence-corrected chi connectivity index (χ1v) is 5.51. The van der Waals surface area contributed by atoms with Crippen LogP contribution in [-0.4, -0.2) is 0 Å². The van der Waals surface area contributed by atoms with Crippen molar-refractivity contribution in [3.05, 3.63) is 25.3 Å². The zero-order valence-corrected chi connectivity index (χ0v) is 8.58. The average molecular weight is 176 g/mol. The van der Waals surface area contributed by atoms with Crippen molar-refractivity contribution in [2.45, 2.75) is 26.2 Å². The van der Waals surface area contributed by atoms with Crippen LogP contribution in [-0.2, 0) is 0 Å². The van der Waals surface area contributed by atoms with Gasteiger partial charge in [0.1, 0.15) is 0 Å². The van der Waals surface area contributed by atoms with Gasteiger partial charge in [-0.2, -0.15) is 0 Å². The molecule has 0 N–H and O–H groups in total. The van der Waals surface area contributed by atoms with Crippen LogP contribution in [0.25, 0.3) is 0 Å². The zero-order valence-electron chi connectivity index (χ0n) is 8.58.